The standard InChI is InChI=1S/C20H20FIN2O3S.C19H18ClIN2O4S.C19H18ClIN2O3S.C19H18FIN2O4S.C19H18FIN2O3S/c1-11-10-28-18-16(11)20(27)24(2)15(17(18)19(26)23-6-3-7-25)8-12-4-5-13(22)9-14(12)21;1-10-9-28-17-15(10)19(26)23(2)14(16(17)18(25)22-27-6-5-24)7-11-3-4-12(21)8-13(11)20;1-23-15(9-11-3-4-12(21)10-14(11)20)16(18(25)22-6-2-7-24)17-13(19(23)26)5-8-27-17;1-10-9-28-17-15(10)19(26)23(2)14(16(17)18(25)22-27-6-5-24)7-11-3-4-12(21)8-13(11)20;1-23-15(9-11-3-4-12(21)10-14(11)20)16(18(25)22-6-2-7-24)17-13(19(23)26)5-8-27-17/h4-5,9-10,25H,3,6-8H2,1-2H3,(H,23,26);3-4,8-9,24H,5-7H2,1-2H3,(H,22,25);3-5,8,10,24H,2,6-7,9H2,1H3,(H,22,25);3-4,8-9,24H,5-7H2,1-2H3,(H,22,25);3-5,8,10,24H,2,6-7,9H2,1H3,(H,22,25). The average Bonchev–Trinajstić information content (AvgIpc) is 1.58. The van der Waals surface area contributed by atoms with Crippen LogP contribution in [-0.4, -0.2) is 144 Å². The topological polar surface area (TPSA) is 375 Å². The number of aliphatic hydroxyl groups excluding tert-OH is 5. The molecule has 0 aliphatic carbocycles. The smallest absolute Gasteiger partial charge is 0.278 e. The van der Waals surface area contributed by atoms with Gasteiger partial charge >= 0.3 is 0 Å². The minimum Gasteiger partial charge on any atom is -0.396 e. The van der Waals surface area contributed by atoms with Gasteiger partial charge in [0.25, 0.3) is 57.3 Å². The number of carbonyl (C=O) groups excluding carboxylic acids is 5. The van der Waals surface area contributed by atoms with E-state index in [0.717, 1.165) is 45.7 Å². The number of hydrogen-bond donors (Lipinski definition) is 10. The van der Waals surface area contributed by atoms with Gasteiger partial charge < -0.3 is 64.3 Å². The van der Waals surface area contributed by atoms with Gasteiger partial charge in [0, 0.05) is 163 Å². The van der Waals surface area contributed by atoms with Crippen LogP contribution in [0.4, 0.5) is 13.2 Å². The first-order valence-corrected chi connectivity index (χ1v) is 52.9. The Morgan fingerprint density at radius 1 is 0.348 bits per heavy atom. The molecule has 0 spiro atoms. The molecule has 0 aliphatic heterocycles. The van der Waals surface area contributed by atoms with Crippen molar-refractivity contribution in [2.75, 3.05) is 65.9 Å². The summed E-state index contributed by atoms with van der Waals surface area (Å²) in [7, 11) is 8.12. The van der Waals surface area contributed by atoms with Crippen molar-refractivity contribution in [3.8, 4) is 0 Å². The Morgan fingerprint density at radius 2 is 0.601 bits per heavy atom. The zero-order valence-corrected chi connectivity index (χ0v) is 91.5. The second-order valence-corrected chi connectivity index (χ2v) is 42.7. The molecule has 10 heterocycles. The molecule has 0 radical (unpaired) electrons. The van der Waals surface area contributed by atoms with Crippen LogP contribution < -0.4 is 54.7 Å². The molecule has 0 bridgehead atoms. The van der Waals surface area contributed by atoms with Crippen LogP contribution >= 0.6 is 193 Å². The number of aliphatic hydroxyl groups is 5. The fourth-order valence-corrected chi connectivity index (χ4v) is 23.4. The zero-order chi connectivity index (χ0) is 100. The molecule has 0 unspecified atom stereocenters. The highest BCUT2D eigenvalue weighted by Crippen LogP contribution is 2.37. The number of hydroxylamine groups is 2. The Bertz CT molecular complexity index is 6880. The van der Waals surface area contributed by atoms with E-state index in [9.17, 15) is 61.1 Å². The van der Waals surface area contributed by atoms with E-state index < -0.39 is 17.6 Å². The maximum atomic E-state index is 14.4. The van der Waals surface area contributed by atoms with Crippen molar-refractivity contribution >= 4 is 273 Å². The second kappa shape index (κ2) is 51.1. The highest BCUT2D eigenvalue weighted by Gasteiger charge is 2.31. The third-order valence-electron chi connectivity index (χ3n) is 22.1. The number of thiophene rings is 5. The number of benzene rings is 5. The van der Waals surface area contributed by atoms with Gasteiger partial charge in [-0.25, -0.2) is 24.1 Å². The number of carbonyl (C=O) groups is 5. The van der Waals surface area contributed by atoms with Gasteiger partial charge in [0.05, 0.1) is 105 Å². The number of aromatic nitrogens is 5. The van der Waals surface area contributed by atoms with Crippen molar-refractivity contribution in [2.24, 2.45) is 35.2 Å². The van der Waals surface area contributed by atoms with E-state index in [0.29, 0.717) is 180 Å². The Hall–Kier alpha value is -8.26. The van der Waals surface area contributed by atoms with Gasteiger partial charge in [-0.05, 0) is 297 Å². The molecule has 10 aromatic heterocycles. The number of aryl methyl sites for hydroxylation is 3. The molecule has 0 saturated heterocycles. The lowest BCUT2D eigenvalue weighted by atomic mass is 10.0. The minimum absolute atomic E-state index is 0.00703. The summed E-state index contributed by atoms with van der Waals surface area (Å²) in [4.78, 5) is 139. The van der Waals surface area contributed by atoms with Crippen LogP contribution in [0.15, 0.2) is 154 Å². The number of rotatable bonds is 30. The van der Waals surface area contributed by atoms with Gasteiger partial charge in [0.2, 0.25) is 0 Å². The average molecular weight is 2580 g/mol. The van der Waals surface area contributed by atoms with Gasteiger partial charge in [0.1, 0.15) is 17.5 Å². The van der Waals surface area contributed by atoms with Crippen LogP contribution in [-0.2, 0) is 77.0 Å². The molecular weight excluding hydrogens is 2490 g/mol. The van der Waals surface area contributed by atoms with E-state index in [1.54, 1.807) is 89.1 Å². The number of nitrogens with one attached hydrogen (secondary N) is 5. The van der Waals surface area contributed by atoms with Crippen molar-refractivity contribution in [3.05, 3.63) is 328 Å². The number of pyridine rings is 5. The first-order chi connectivity index (χ1) is 65.9. The van der Waals surface area contributed by atoms with Crippen LogP contribution in [0.3, 0.4) is 0 Å². The number of hydrogen-bond acceptors (Lipinski definition) is 22. The van der Waals surface area contributed by atoms with Crippen molar-refractivity contribution in [2.45, 2.75) is 72.1 Å². The molecule has 42 heteroatoms. The van der Waals surface area contributed by atoms with Crippen molar-refractivity contribution in [1.82, 2.24) is 49.7 Å². The molecule has 0 aliphatic rings. The van der Waals surface area contributed by atoms with E-state index in [1.807, 2.05) is 146 Å². The number of amides is 5. The lowest BCUT2D eigenvalue weighted by Crippen LogP contribution is -2.31. The summed E-state index contributed by atoms with van der Waals surface area (Å²) in [5.41, 5.74) is 13.5. The maximum absolute atomic E-state index is 14.4. The normalized spacial score (nSPS) is 11.2. The number of fused-ring (bicyclic) bond motifs is 5. The van der Waals surface area contributed by atoms with E-state index in [-0.39, 0.29) is 128 Å². The summed E-state index contributed by atoms with van der Waals surface area (Å²) >= 11 is 29.9. The number of halogens is 10. The lowest BCUT2D eigenvalue weighted by Gasteiger charge is -2.16. The van der Waals surface area contributed by atoms with Crippen LogP contribution in [0.25, 0.3) is 50.4 Å². The quantitative estimate of drug-likeness (QED) is 0.0114. The third-order valence-corrected chi connectivity index (χ3v) is 31.3. The van der Waals surface area contributed by atoms with E-state index >= 15 is 0 Å². The molecule has 0 atom stereocenters. The first kappa shape index (κ1) is 110. The molecule has 728 valence electrons. The fourth-order valence-electron chi connectivity index (χ4n) is 15.0. The largest absolute Gasteiger partial charge is 0.396 e. The molecule has 15 aromatic rings. The summed E-state index contributed by atoms with van der Waals surface area (Å²) in [6.07, 6.45) is 2.37. The van der Waals surface area contributed by atoms with Crippen LogP contribution in [0.2, 0.25) is 10.0 Å². The molecule has 138 heavy (non-hydrogen) atoms. The summed E-state index contributed by atoms with van der Waals surface area (Å²) < 4.78 is 57.9. The predicted molar refractivity (Wildman–Crippen MR) is 582 cm³/mol. The van der Waals surface area contributed by atoms with Gasteiger partial charge in [0.15, 0.2) is 0 Å². The fraction of sp³-hybridized carbons (Fsp3) is 0.271. The van der Waals surface area contributed by atoms with Gasteiger partial charge in [-0.1, -0.05) is 53.5 Å². The summed E-state index contributed by atoms with van der Waals surface area (Å²) in [6.45, 7) is 5.91. The lowest BCUT2D eigenvalue weighted by molar-refractivity contribution is 0.0166. The summed E-state index contributed by atoms with van der Waals surface area (Å²) in [5.74, 6) is -3.04. The van der Waals surface area contributed by atoms with Gasteiger partial charge in [-0.2, -0.15) is 0 Å². The first-order valence-electron chi connectivity index (χ1n) is 42.3. The van der Waals surface area contributed by atoms with E-state index in [4.69, 9.17) is 58.4 Å². The monoisotopic (exact) mass is 2580 g/mol. The molecule has 0 fully saturated rings. The second-order valence-electron chi connectivity index (χ2n) is 31.2. The zero-order valence-electron chi connectivity index (χ0n) is 75.1. The van der Waals surface area contributed by atoms with Gasteiger partial charge in [-0.3, -0.25) is 57.6 Å². The van der Waals surface area contributed by atoms with Crippen molar-refractivity contribution in [1.29, 1.82) is 0 Å². The Labute approximate surface area is 886 Å². The Balaban J connectivity index is 0.000000165. The van der Waals surface area contributed by atoms with Crippen LogP contribution in [0.5, 0.6) is 0 Å². The maximum Gasteiger partial charge on any atom is 0.278 e. The Morgan fingerprint density at radius 3 is 0.870 bits per heavy atom. The molecule has 5 amide bonds. The number of nitrogens with zero attached hydrogens (tertiary/aromatic N) is 5. The van der Waals surface area contributed by atoms with E-state index in [1.165, 1.54) is 97.7 Å². The Kier molecular flexibility index (Phi) is 40.8. The van der Waals surface area contributed by atoms with Crippen LogP contribution in [0.1, 0.15) is 144 Å². The molecular formula is C96H92Cl2F3I5N10O17S5. The molecule has 15 rings (SSSR count). The third kappa shape index (κ3) is 26.0. The molecule has 10 N–H and O–H groups in total. The summed E-state index contributed by atoms with van der Waals surface area (Å²) in [6, 6.07) is 29.5. The minimum atomic E-state index is -0.545. The predicted octanol–water partition coefficient (Wildman–Crippen LogP) is 16.3. The van der Waals surface area contributed by atoms with Crippen LogP contribution in [0, 0.1) is 56.1 Å². The highest BCUT2D eigenvalue weighted by molar-refractivity contribution is 14.1. The molecule has 5 aromatic carbocycles. The van der Waals surface area contributed by atoms with E-state index in [2.05, 4.69) is 72.1 Å². The highest BCUT2D eigenvalue weighted by atomic mass is 127. The molecule has 27 nitrogen and oxygen atoms in total. The molecule has 0 saturated carbocycles. The van der Waals surface area contributed by atoms with Crippen molar-refractivity contribution in [3.63, 3.8) is 0 Å². The SMILES string of the molecule is Cc1csc2c(C(=O)NCCCO)c(Cc3ccc(I)cc3F)n(C)c(=O)c12.Cc1csc2c(C(=O)NOCCO)c(Cc3ccc(I)cc3Cl)n(C)c(=O)c12.Cc1csc2c(C(=O)NOCCO)c(Cc3ccc(I)cc3F)n(C)c(=O)c12.Cn1c(Cc2ccc(I)cc2Cl)c(C(=O)NCCCO)c2sccc2c1=O.Cn1c(Cc2ccc(I)cc2F)c(C(=O)NCCCO)c2sccc2c1=O. The van der Waals surface area contributed by atoms with Crippen molar-refractivity contribution < 1.29 is 72.4 Å². The van der Waals surface area contributed by atoms with Gasteiger partial charge in [-0.15, -0.1) is 56.7 Å². The summed E-state index contributed by atoms with van der Waals surface area (Å²) in [5, 5.41) is 65.8.